The third kappa shape index (κ3) is 3.28. The van der Waals surface area contributed by atoms with E-state index in [1.807, 2.05) is 24.3 Å². The molecule has 3 nitrogen and oxygen atoms in total. The highest BCUT2D eigenvalue weighted by molar-refractivity contribution is 7.84. The zero-order valence-corrected chi connectivity index (χ0v) is 12.0. The molecule has 19 heavy (non-hydrogen) atoms. The van der Waals surface area contributed by atoms with Crippen molar-refractivity contribution in [3.05, 3.63) is 53.1 Å². The summed E-state index contributed by atoms with van der Waals surface area (Å²) in [5.74, 6) is 1.06. The van der Waals surface area contributed by atoms with E-state index in [-0.39, 0.29) is 0 Å². The Balaban J connectivity index is 2.28. The van der Waals surface area contributed by atoms with E-state index in [0.29, 0.717) is 21.4 Å². The summed E-state index contributed by atoms with van der Waals surface area (Å²) in [5.41, 5.74) is 7.19. The second-order valence-electron chi connectivity index (χ2n) is 3.98. The van der Waals surface area contributed by atoms with E-state index in [1.54, 1.807) is 25.3 Å². The van der Waals surface area contributed by atoms with E-state index in [1.165, 1.54) is 0 Å². The molecule has 0 heterocycles. The van der Waals surface area contributed by atoms with E-state index in [4.69, 9.17) is 22.1 Å². The van der Waals surface area contributed by atoms with Crippen LogP contribution in [0.1, 0.15) is 5.56 Å². The molecule has 100 valence electrons. The van der Waals surface area contributed by atoms with E-state index >= 15 is 0 Å². The van der Waals surface area contributed by atoms with Gasteiger partial charge in [-0.3, -0.25) is 4.21 Å². The molecule has 2 aromatic rings. The normalized spacial score (nSPS) is 12.1. The van der Waals surface area contributed by atoms with Crippen molar-refractivity contribution in [1.82, 2.24) is 0 Å². The third-order valence-electron chi connectivity index (χ3n) is 2.70. The molecule has 1 unspecified atom stereocenters. The molecule has 2 aromatic carbocycles. The molecule has 0 aromatic heterocycles. The van der Waals surface area contributed by atoms with Crippen molar-refractivity contribution in [2.75, 3.05) is 12.8 Å². The van der Waals surface area contributed by atoms with Crippen LogP contribution in [-0.2, 0) is 16.6 Å². The van der Waals surface area contributed by atoms with Crippen molar-refractivity contribution in [1.29, 1.82) is 0 Å². The van der Waals surface area contributed by atoms with Crippen LogP contribution < -0.4 is 10.5 Å². The van der Waals surface area contributed by atoms with Crippen molar-refractivity contribution in [3.8, 4) is 5.75 Å². The first-order valence-electron chi connectivity index (χ1n) is 5.67. The van der Waals surface area contributed by atoms with Crippen LogP contribution in [0.5, 0.6) is 5.75 Å². The minimum Gasteiger partial charge on any atom is -0.496 e. The first-order chi connectivity index (χ1) is 9.11. The Morgan fingerprint density at radius 1 is 1.26 bits per heavy atom. The van der Waals surface area contributed by atoms with Crippen LogP contribution in [0.4, 0.5) is 5.69 Å². The van der Waals surface area contributed by atoms with Gasteiger partial charge >= 0.3 is 0 Å². The second kappa shape index (κ2) is 6.08. The zero-order valence-electron chi connectivity index (χ0n) is 10.4. The molecule has 2 N–H and O–H groups in total. The zero-order chi connectivity index (χ0) is 13.8. The highest BCUT2D eigenvalue weighted by atomic mass is 35.5. The van der Waals surface area contributed by atoms with Crippen molar-refractivity contribution < 1.29 is 8.95 Å². The Kier molecular flexibility index (Phi) is 4.45. The highest BCUT2D eigenvalue weighted by Crippen LogP contribution is 2.26. The van der Waals surface area contributed by atoms with Crippen LogP contribution in [0.3, 0.4) is 0 Å². The molecule has 0 spiro atoms. The largest absolute Gasteiger partial charge is 0.496 e. The fraction of sp³-hybridized carbons (Fsp3) is 0.143. The predicted molar refractivity (Wildman–Crippen MR) is 79.0 cm³/mol. The summed E-state index contributed by atoms with van der Waals surface area (Å²) in [6.45, 7) is 0. The smallest absolute Gasteiger partial charge is 0.122 e. The van der Waals surface area contributed by atoms with E-state index in [0.717, 1.165) is 11.3 Å². The number of nitrogen functional groups attached to an aromatic ring is 1. The molecule has 0 amide bonds. The quantitative estimate of drug-likeness (QED) is 0.881. The van der Waals surface area contributed by atoms with Gasteiger partial charge in [0.25, 0.3) is 0 Å². The summed E-state index contributed by atoms with van der Waals surface area (Å²) >= 11 is 5.91. The lowest BCUT2D eigenvalue weighted by Gasteiger charge is -2.09. The lowest BCUT2D eigenvalue weighted by atomic mass is 10.2. The van der Waals surface area contributed by atoms with Crippen molar-refractivity contribution in [2.24, 2.45) is 0 Å². The van der Waals surface area contributed by atoms with Gasteiger partial charge in [-0.2, -0.15) is 0 Å². The van der Waals surface area contributed by atoms with Crippen LogP contribution in [0, 0.1) is 0 Å². The van der Waals surface area contributed by atoms with Crippen LogP contribution in [0.25, 0.3) is 0 Å². The van der Waals surface area contributed by atoms with Gasteiger partial charge in [-0.25, -0.2) is 0 Å². The van der Waals surface area contributed by atoms with Gasteiger partial charge in [-0.05, 0) is 24.3 Å². The van der Waals surface area contributed by atoms with Gasteiger partial charge in [0.2, 0.25) is 0 Å². The predicted octanol–water partition coefficient (Wildman–Crippen LogP) is 3.24. The first-order valence-corrected chi connectivity index (χ1v) is 7.37. The minimum atomic E-state index is -1.26. The highest BCUT2D eigenvalue weighted by Gasteiger charge is 2.12. The summed E-state index contributed by atoms with van der Waals surface area (Å²) in [5, 5.41) is 0.526. The van der Waals surface area contributed by atoms with Crippen molar-refractivity contribution >= 4 is 28.1 Å². The Morgan fingerprint density at radius 2 is 2.00 bits per heavy atom. The minimum absolute atomic E-state index is 0.342. The molecule has 0 saturated heterocycles. The monoisotopic (exact) mass is 295 g/mol. The average molecular weight is 296 g/mol. The lowest BCUT2D eigenvalue weighted by Crippen LogP contribution is -2.02. The molecule has 0 saturated carbocycles. The lowest BCUT2D eigenvalue weighted by molar-refractivity contribution is 0.411. The molecular formula is C14H14ClNO2S. The van der Waals surface area contributed by atoms with Gasteiger partial charge in [0.1, 0.15) is 5.75 Å². The summed E-state index contributed by atoms with van der Waals surface area (Å²) in [7, 11) is 0.335. The van der Waals surface area contributed by atoms with Crippen LogP contribution in [-0.4, -0.2) is 11.3 Å². The number of rotatable bonds is 4. The molecule has 0 radical (unpaired) electrons. The summed E-state index contributed by atoms with van der Waals surface area (Å²) in [4.78, 5) is 0.554. The van der Waals surface area contributed by atoms with E-state index in [2.05, 4.69) is 0 Å². The Labute approximate surface area is 119 Å². The molecule has 0 fully saturated rings. The second-order valence-corrected chi connectivity index (χ2v) is 5.84. The molecule has 0 bridgehead atoms. The number of methoxy groups -OCH3 is 1. The molecule has 5 heteroatoms. The number of halogens is 1. The molecule has 1 atom stereocenters. The number of hydrogen-bond acceptors (Lipinski definition) is 3. The van der Waals surface area contributed by atoms with Crippen LogP contribution >= 0.6 is 11.6 Å². The number of anilines is 1. The maximum atomic E-state index is 12.4. The molecule has 2 rings (SSSR count). The summed E-state index contributed by atoms with van der Waals surface area (Å²) in [6, 6.07) is 12.5. The fourth-order valence-electron chi connectivity index (χ4n) is 1.75. The van der Waals surface area contributed by atoms with Gasteiger partial charge in [-0.1, -0.05) is 29.8 Å². The molecule has 0 aliphatic carbocycles. The Morgan fingerprint density at radius 3 is 2.74 bits per heavy atom. The van der Waals surface area contributed by atoms with Crippen LogP contribution in [0.2, 0.25) is 5.02 Å². The van der Waals surface area contributed by atoms with Crippen molar-refractivity contribution in [2.45, 2.75) is 10.6 Å². The average Bonchev–Trinajstić information content (AvgIpc) is 2.42. The molecular weight excluding hydrogens is 282 g/mol. The van der Waals surface area contributed by atoms with Gasteiger partial charge < -0.3 is 10.5 Å². The number of benzene rings is 2. The van der Waals surface area contributed by atoms with Gasteiger partial charge in [0.05, 0.1) is 28.6 Å². The number of nitrogens with two attached hydrogens (primary N) is 1. The van der Waals surface area contributed by atoms with E-state index < -0.39 is 10.8 Å². The standard InChI is InChI=1S/C14H14ClNO2S/c1-18-13-5-3-2-4-10(13)9-19(17)14-8-11(15)6-7-12(14)16/h2-8H,9,16H2,1H3. The number of hydrogen-bond donors (Lipinski definition) is 1. The Bertz CT molecular complexity index is 616. The maximum Gasteiger partial charge on any atom is 0.122 e. The number of ether oxygens (including phenoxy) is 1. The maximum absolute atomic E-state index is 12.4. The fourth-order valence-corrected chi connectivity index (χ4v) is 3.25. The van der Waals surface area contributed by atoms with Crippen LogP contribution in [0.15, 0.2) is 47.4 Å². The third-order valence-corrected chi connectivity index (χ3v) is 4.35. The summed E-state index contributed by atoms with van der Waals surface area (Å²) < 4.78 is 17.6. The summed E-state index contributed by atoms with van der Waals surface area (Å²) in [6.07, 6.45) is 0. The SMILES string of the molecule is COc1ccccc1CS(=O)c1cc(Cl)ccc1N. The molecule has 0 aliphatic rings. The number of para-hydroxylation sites is 1. The topological polar surface area (TPSA) is 52.3 Å². The Hall–Kier alpha value is -1.52. The van der Waals surface area contributed by atoms with Crippen molar-refractivity contribution in [3.63, 3.8) is 0 Å². The van der Waals surface area contributed by atoms with Gasteiger partial charge in [0.15, 0.2) is 0 Å². The molecule has 0 aliphatic heterocycles. The van der Waals surface area contributed by atoms with E-state index in [9.17, 15) is 4.21 Å². The van der Waals surface area contributed by atoms with Gasteiger partial charge in [-0.15, -0.1) is 0 Å². The van der Waals surface area contributed by atoms with Gasteiger partial charge in [0, 0.05) is 16.3 Å². The first kappa shape index (κ1) is 13.9.